The minimum absolute atomic E-state index is 0.190. The van der Waals surface area contributed by atoms with Crippen molar-refractivity contribution in [2.45, 2.75) is 26.2 Å². The largest absolute Gasteiger partial charge is 0.439 e. The van der Waals surface area contributed by atoms with Gasteiger partial charge in [0.1, 0.15) is 17.4 Å². The van der Waals surface area contributed by atoms with Crippen LogP contribution in [0.5, 0.6) is 11.6 Å². The lowest BCUT2D eigenvalue weighted by Gasteiger charge is -2.18. The van der Waals surface area contributed by atoms with E-state index in [0.29, 0.717) is 23.3 Å². The summed E-state index contributed by atoms with van der Waals surface area (Å²) in [5, 5.41) is 0. The van der Waals surface area contributed by atoms with Crippen molar-refractivity contribution in [3.63, 3.8) is 0 Å². The summed E-state index contributed by atoms with van der Waals surface area (Å²) in [4.78, 5) is 8.77. The highest BCUT2D eigenvalue weighted by Gasteiger charge is 2.19. The number of hydrogen-bond donors (Lipinski definition) is 2. The van der Waals surface area contributed by atoms with Gasteiger partial charge >= 0.3 is 0 Å². The van der Waals surface area contributed by atoms with Crippen LogP contribution in [0.4, 0.5) is 5.82 Å². The summed E-state index contributed by atoms with van der Waals surface area (Å²) >= 11 is 3.38. The Kier molecular flexibility index (Phi) is 4.25. The molecule has 0 radical (unpaired) electrons. The molecule has 0 aliphatic heterocycles. The Morgan fingerprint density at radius 1 is 1.15 bits per heavy atom. The minimum Gasteiger partial charge on any atom is -0.439 e. The topological polar surface area (TPSA) is 73.1 Å². The highest BCUT2D eigenvalue weighted by atomic mass is 79.9. The molecule has 6 heteroatoms. The van der Waals surface area contributed by atoms with Gasteiger partial charge in [-0.15, -0.1) is 0 Å². The summed E-state index contributed by atoms with van der Waals surface area (Å²) in [7, 11) is 0. The number of ether oxygens (including phenoxy) is 1. The Balaban J connectivity index is 2.33. The second-order valence-electron chi connectivity index (χ2n) is 5.37. The Morgan fingerprint density at radius 2 is 1.80 bits per heavy atom. The van der Waals surface area contributed by atoms with Crippen LogP contribution in [0.1, 0.15) is 26.6 Å². The lowest BCUT2D eigenvalue weighted by molar-refractivity contribution is 0.446. The third-order valence-corrected chi connectivity index (χ3v) is 3.09. The van der Waals surface area contributed by atoms with E-state index in [1.807, 2.05) is 45.0 Å². The van der Waals surface area contributed by atoms with Gasteiger partial charge in [0.05, 0.1) is 0 Å². The fourth-order valence-electron chi connectivity index (χ4n) is 1.51. The van der Waals surface area contributed by atoms with Crippen LogP contribution in [0, 0.1) is 0 Å². The van der Waals surface area contributed by atoms with Gasteiger partial charge in [0.2, 0.25) is 5.88 Å². The van der Waals surface area contributed by atoms with Gasteiger partial charge in [-0.2, -0.15) is 4.98 Å². The van der Waals surface area contributed by atoms with Gasteiger partial charge in [-0.3, -0.25) is 0 Å². The quantitative estimate of drug-likeness (QED) is 0.661. The van der Waals surface area contributed by atoms with Gasteiger partial charge < -0.3 is 10.2 Å². The number of benzene rings is 1. The zero-order valence-corrected chi connectivity index (χ0v) is 13.2. The van der Waals surface area contributed by atoms with Gasteiger partial charge in [-0.25, -0.2) is 10.8 Å². The highest BCUT2D eigenvalue weighted by molar-refractivity contribution is 9.10. The number of halogens is 1. The molecule has 0 fully saturated rings. The van der Waals surface area contributed by atoms with Crippen LogP contribution in [0.15, 0.2) is 34.8 Å². The third kappa shape index (κ3) is 3.68. The molecule has 0 atom stereocenters. The lowest BCUT2D eigenvalue weighted by Crippen LogP contribution is -2.19. The zero-order valence-electron chi connectivity index (χ0n) is 11.6. The summed E-state index contributed by atoms with van der Waals surface area (Å²) in [6.07, 6.45) is 0. The number of nitrogens with two attached hydrogens (primary N) is 1. The van der Waals surface area contributed by atoms with E-state index in [-0.39, 0.29) is 5.41 Å². The first-order chi connectivity index (χ1) is 9.38. The lowest BCUT2D eigenvalue weighted by atomic mass is 9.96. The monoisotopic (exact) mass is 336 g/mol. The van der Waals surface area contributed by atoms with E-state index >= 15 is 0 Å². The predicted molar refractivity (Wildman–Crippen MR) is 82.8 cm³/mol. The molecule has 20 heavy (non-hydrogen) atoms. The first-order valence-electron chi connectivity index (χ1n) is 6.18. The van der Waals surface area contributed by atoms with Gasteiger partial charge in [-0.1, -0.05) is 36.7 Å². The van der Waals surface area contributed by atoms with E-state index in [1.54, 1.807) is 6.07 Å². The first-order valence-corrected chi connectivity index (χ1v) is 6.97. The number of anilines is 1. The number of hydrogen-bond acceptors (Lipinski definition) is 5. The molecule has 106 valence electrons. The Labute approximate surface area is 126 Å². The van der Waals surface area contributed by atoms with Crippen LogP contribution in [-0.2, 0) is 5.41 Å². The van der Waals surface area contributed by atoms with E-state index in [4.69, 9.17) is 10.6 Å². The Bertz CT molecular complexity index is 593. The van der Waals surface area contributed by atoms with Crippen LogP contribution in [0.25, 0.3) is 0 Å². The van der Waals surface area contributed by atoms with Crippen molar-refractivity contribution in [2.24, 2.45) is 5.84 Å². The van der Waals surface area contributed by atoms with Crippen LogP contribution < -0.4 is 16.0 Å². The molecule has 0 bridgehead atoms. The summed E-state index contributed by atoms with van der Waals surface area (Å²) in [5.41, 5.74) is 2.35. The van der Waals surface area contributed by atoms with Gasteiger partial charge in [0.15, 0.2) is 0 Å². The van der Waals surface area contributed by atoms with Crippen molar-refractivity contribution in [1.29, 1.82) is 0 Å². The maximum absolute atomic E-state index is 5.74. The molecule has 0 amide bonds. The molecule has 5 nitrogen and oxygen atoms in total. The highest BCUT2D eigenvalue weighted by Crippen LogP contribution is 2.26. The molecular weight excluding hydrogens is 320 g/mol. The second-order valence-corrected chi connectivity index (χ2v) is 6.28. The molecule has 1 aromatic heterocycles. The molecule has 0 spiro atoms. The SMILES string of the molecule is CC(C)(C)c1nc(NN)cc(Oc2ccc(Br)cc2)n1. The average molecular weight is 337 g/mol. The molecule has 0 aliphatic rings. The Morgan fingerprint density at radius 3 is 2.35 bits per heavy atom. The zero-order chi connectivity index (χ0) is 14.8. The number of nitrogens with one attached hydrogen (secondary N) is 1. The summed E-state index contributed by atoms with van der Waals surface area (Å²) < 4.78 is 6.74. The summed E-state index contributed by atoms with van der Waals surface area (Å²) in [6, 6.07) is 9.20. The van der Waals surface area contributed by atoms with Crippen molar-refractivity contribution in [3.8, 4) is 11.6 Å². The summed E-state index contributed by atoms with van der Waals surface area (Å²) in [6.45, 7) is 6.10. The fourth-order valence-corrected chi connectivity index (χ4v) is 1.77. The van der Waals surface area contributed by atoms with Gasteiger partial charge in [-0.05, 0) is 24.3 Å². The molecular formula is C14H17BrN4O. The van der Waals surface area contributed by atoms with Crippen LogP contribution in [-0.4, -0.2) is 9.97 Å². The number of hydrazine groups is 1. The standard InChI is InChI=1S/C14H17BrN4O/c1-14(2,3)13-17-11(19-16)8-12(18-13)20-10-6-4-9(15)5-7-10/h4-8H,16H2,1-3H3,(H,17,18,19). The second kappa shape index (κ2) is 5.76. The average Bonchev–Trinajstić information content (AvgIpc) is 2.40. The smallest absolute Gasteiger partial charge is 0.224 e. The first kappa shape index (κ1) is 14.7. The molecule has 1 aromatic carbocycles. The Hall–Kier alpha value is -1.66. The molecule has 2 rings (SSSR count). The number of rotatable bonds is 3. The fraction of sp³-hybridized carbons (Fsp3) is 0.286. The van der Waals surface area contributed by atoms with E-state index in [9.17, 15) is 0 Å². The van der Waals surface area contributed by atoms with Crippen molar-refractivity contribution in [1.82, 2.24) is 9.97 Å². The van der Waals surface area contributed by atoms with E-state index in [0.717, 1.165) is 4.47 Å². The number of aromatic nitrogens is 2. The molecule has 0 unspecified atom stereocenters. The third-order valence-electron chi connectivity index (χ3n) is 2.56. The van der Waals surface area contributed by atoms with Crippen molar-refractivity contribution in [3.05, 3.63) is 40.6 Å². The normalized spacial score (nSPS) is 11.2. The maximum Gasteiger partial charge on any atom is 0.224 e. The molecule has 3 N–H and O–H groups in total. The van der Waals surface area contributed by atoms with E-state index < -0.39 is 0 Å². The molecule has 0 saturated heterocycles. The molecule has 0 saturated carbocycles. The van der Waals surface area contributed by atoms with E-state index in [2.05, 4.69) is 31.3 Å². The van der Waals surface area contributed by atoms with Crippen molar-refractivity contribution >= 4 is 21.7 Å². The molecule has 1 heterocycles. The number of nitrogen functional groups attached to an aromatic ring is 1. The van der Waals surface area contributed by atoms with Crippen molar-refractivity contribution in [2.75, 3.05) is 5.43 Å². The van der Waals surface area contributed by atoms with Crippen molar-refractivity contribution < 1.29 is 4.74 Å². The summed E-state index contributed by atoms with van der Waals surface area (Å²) in [5.74, 6) is 7.80. The van der Waals surface area contributed by atoms with Gasteiger partial charge in [0.25, 0.3) is 0 Å². The van der Waals surface area contributed by atoms with Crippen LogP contribution in [0.2, 0.25) is 0 Å². The van der Waals surface area contributed by atoms with Crippen LogP contribution >= 0.6 is 15.9 Å². The predicted octanol–water partition coefficient (Wildman–Crippen LogP) is 3.61. The molecule has 2 aromatic rings. The van der Waals surface area contributed by atoms with Crippen LogP contribution in [0.3, 0.4) is 0 Å². The van der Waals surface area contributed by atoms with E-state index in [1.165, 1.54) is 0 Å². The maximum atomic E-state index is 5.74. The van der Waals surface area contributed by atoms with Gasteiger partial charge in [0, 0.05) is 16.0 Å². The minimum atomic E-state index is -0.190. The number of nitrogens with zero attached hydrogens (tertiary/aromatic N) is 2. The molecule has 0 aliphatic carbocycles.